The quantitative estimate of drug-likeness (QED) is 0.715. The molecule has 8 heteroatoms. The molecule has 128 valence electrons. The molecule has 4 rings (SSSR count). The number of carbonyl (C=O) groups excluding carboxylic acids is 1. The highest BCUT2D eigenvalue weighted by Crippen LogP contribution is 2.23. The molecule has 1 aliphatic rings. The lowest BCUT2D eigenvalue weighted by molar-refractivity contribution is 0.0661. The maximum absolute atomic E-state index is 12.5. The van der Waals surface area contributed by atoms with Crippen LogP contribution >= 0.6 is 11.3 Å². The number of thiophene rings is 1. The third-order valence-electron chi connectivity index (χ3n) is 4.30. The van der Waals surface area contributed by atoms with Gasteiger partial charge in [-0.2, -0.15) is 16.3 Å². The minimum atomic E-state index is -0.0673. The molecule has 1 saturated heterocycles. The van der Waals surface area contributed by atoms with Gasteiger partial charge >= 0.3 is 0 Å². The maximum atomic E-state index is 12.5. The Morgan fingerprint density at radius 2 is 2.36 bits per heavy atom. The second-order valence-corrected chi connectivity index (χ2v) is 6.86. The lowest BCUT2D eigenvalue weighted by Crippen LogP contribution is -2.40. The van der Waals surface area contributed by atoms with Gasteiger partial charge < -0.3 is 9.42 Å². The lowest BCUT2D eigenvalue weighted by Gasteiger charge is -2.31. The number of carbonyl (C=O) groups is 1. The van der Waals surface area contributed by atoms with Crippen LogP contribution in [0.5, 0.6) is 0 Å². The zero-order chi connectivity index (χ0) is 17.1. The molecule has 4 heterocycles. The molecular weight excluding hydrogens is 338 g/mol. The second-order valence-electron chi connectivity index (χ2n) is 6.08. The van der Waals surface area contributed by atoms with Crippen LogP contribution in [0.25, 0.3) is 11.4 Å². The number of aromatic nitrogens is 4. The summed E-state index contributed by atoms with van der Waals surface area (Å²) in [6.07, 6.45) is 7.30. The maximum Gasteiger partial charge on any atom is 0.274 e. The normalized spacial score (nSPS) is 17.6. The van der Waals surface area contributed by atoms with Crippen molar-refractivity contribution in [3.8, 4) is 11.4 Å². The molecule has 7 nitrogen and oxygen atoms in total. The monoisotopic (exact) mass is 355 g/mol. The summed E-state index contributed by atoms with van der Waals surface area (Å²) in [5, 5.41) is 8.03. The third-order valence-corrected chi connectivity index (χ3v) is 4.98. The van der Waals surface area contributed by atoms with Crippen LogP contribution in [0.4, 0.5) is 0 Å². The second kappa shape index (κ2) is 7.10. The number of nitrogens with zero attached hydrogens (tertiary/aromatic N) is 5. The number of likely N-dealkylation sites (tertiary alicyclic amines) is 1. The van der Waals surface area contributed by atoms with Crippen LogP contribution in [0, 0.1) is 5.92 Å². The van der Waals surface area contributed by atoms with Crippen molar-refractivity contribution in [1.82, 2.24) is 25.0 Å². The average molecular weight is 355 g/mol. The highest BCUT2D eigenvalue weighted by molar-refractivity contribution is 7.08. The van der Waals surface area contributed by atoms with Gasteiger partial charge in [0.15, 0.2) is 0 Å². The van der Waals surface area contributed by atoms with Crippen LogP contribution in [0.2, 0.25) is 0 Å². The van der Waals surface area contributed by atoms with E-state index in [1.807, 2.05) is 21.7 Å². The van der Waals surface area contributed by atoms with Gasteiger partial charge in [-0.1, -0.05) is 5.16 Å². The van der Waals surface area contributed by atoms with Crippen molar-refractivity contribution >= 4 is 17.2 Å². The Balaban J connectivity index is 1.41. The van der Waals surface area contributed by atoms with Gasteiger partial charge in [-0.25, -0.2) is 4.98 Å². The van der Waals surface area contributed by atoms with Crippen LogP contribution in [-0.2, 0) is 6.42 Å². The third kappa shape index (κ3) is 3.58. The van der Waals surface area contributed by atoms with E-state index in [0.29, 0.717) is 36.3 Å². The first kappa shape index (κ1) is 15.9. The fourth-order valence-electron chi connectivity index (χ4n) is 3.08. The number of piperidine rings is 1. The van der Waals surface area contributed by atoms with Crippen molar-refractivity contribution < 1.29 is 9.32 Å². The molecule has 0 aromatic carbocycles. The van der Waals surface area contributed by atoms with Gasteiger partial charge in [0.05, 0.1) is 6.20 Å². The van der Waals surface area contributed by atoms with Gasteiger partial charge in [-0.15, -0.1) is 0 Å². The van der Waals surface area contributed by atoms with E-state index < -0.39 is 0 Å². The minimum Gasteiger partial charge on any atom is -0.339 e. The first-order valence-corrected chi connectivity index (χ1v) is 9.14. The number of hydrogen-bond donors (Lipinski definition) is 0. The van der Waals surface area contributed by atoms with Crippen molar-refractivity contribution in [3.05, 3.63) is 47.0 Å². The Hall–Kier alpha value is -2.61. The van der Waals surface area contributed by atoms with Crippen molar-refractivity contribution in [1.29, 1.82) is 0 Å². The van der Waals surface area contributed by atoms with E-state index in [0.717, 1.165) is 24.9 Å². The zero-order valence-electron chi connectivity index (χ0n) is 13.5. The average Bonchev–Trinajstić information content (AvgIpc) is 3.34. The number of hydrogen-bond acceptors (Lipinski definition) is 7. The molecule has 1 amide bonds. The Kier molecular flexibility index (Phi) is 4.51. The molecular formula is C17H17N5O2S. The molecule has 1 unspecified atom stereocenters. The van der Waals surface area contributed by atoms with Crippen LogP contribution in [0.15, 0.2) is 39.9 Å². The van der Waals surface area contributed by atoms with Gasteiger partial charge in [-0.05, 0) is 30.2 Å². The number of amides is 1. The molecule has 3 aromatic rings. The summed E-state index contributed by atoms with van der Waals surface area (Å²) in [5.41, 5.74) is 1.36. The predicted octanol–water partition coefficient (Wildman–Crippen LogP) is 2.68. The molecule has 1 atom stereocenters. The molecule has 0 radical (unpaired) electrons. The summed E-state index contributed by atoms with van der Waals surface area (Å²) >= 11 is 1.60. The topological polar surface area (TPSA) is 85.0 Å². The molecule has 3 aromatic heterocycles. The van der Waals surface area contributed by atoms with Crippen LogP contribution in [-0.4, -0.2) is 44.0 Å². The van der Waals surface area contributed by atoms with E-state index >= 15 is 0 Å². The fourth-order valence-corrected chi connectivity index (χ4v) is 3.72. The largest absolute Gasteiger partial charge is 0.339 e. The van der Waals surface area contributed by atoms with E-state index in [1.165, 1.54) is 6.20 Å². The van der Waals surface area contributed by atoms with E-state index in [-0.39, 0.29) is 5.91 Å². The molecule has 0 saturated carbocycles. The molecule has 1 fully saturated rings. The summed E-state index contributed by atoms with van der Waals surface area (Å²) in [5.74, 6) is 1.49. The van der Waals surface area contributed by atoms with Gasteiger partial charge in [0.2, 0.25) is 11.7 Å². The van der Waals surface area contributed by atoms with E-state index in [1.54, 1.807) is 23.7 Å². The molecule has 0 bridgehead atoms. The van der Waals surface area contributed by atoms with Crippen LogP contribution in [0.1, 0.15) is 29.2 Å². The van der Waals surface area contributed by atoms with Crippen molar-refractivity contribution in [2.45, 2.75) is 19.3 Å². The smallest absolute Gasteiger partial charge is 0.274 e. The highest BCUT2D eigenvalue weighted by atomic mass is 32.1. The fraction of sp³-hybridized carbons (Fsp3) is 0.353. The molecule has 0 spiro atoms. The summed E-state index contributed by atoms with van der Waals surface area (Å²) < 4.78 is 5.39. The molecule has 25 heavy (non-hydrogen) atoms. The van der Waals surface area contributed by atoms with Crippen molar-refractivity contribution in [3.63, 3.8) is 0 Å². The number of rotatable bonds is 4. The Morgan fingerprint density at radius 1 is 1.40 bits per heavy atom. The van der Waals surface area contributed by atoms with Crippen molar-refractivity contribution in [2.24, 2.45) is 5.92 Å². The summed E-state index contributed by atoms with van der Waals surface area (Å²) in [6.45, 7) is 1.42. The Bertz CT molecular complexity index is 834. The summed E-state index contributed by atoms with van der Waals surface area (Å²) in [7, 11) is 0. The van der Waals surface area contributed by atoms with Gasteiger partial charge in [-0.3, -0.25) is 9.78 Å². The van der Waals surface area contributed by atoms with Gasteiger partial charge in [0.1, 0.15) is 5.69 Å². The Morgan fingerprint density at radius 3 is 3.16 bits per heavy atom. The molecule has 0 aliphatic carbocycles. The van der Waals surface area contributed by atoms with E-state index in [4.69, 9.17) is 4.52 Å². The molecule has 0 N–H and O–H groups in total. The first-order chi connectivity index (χ1) is 12.3. The standard InChI is InChI=1S/C17H17N5O2S/c23-17(14-9-18-4-5-19-14)22-6-1-2-12(10-22)8-15-20-16(21-24-15)13-3-7-25-11-13/h3-5,7,9,11-12H,1-2,6,8,10H2. The Labute approximate surface area is 148 Å². The van der Waals surface area contributed by atoms with Gasteiger partial charge in [0.25, 0.3) is 5.91 Å². The lowest BCUT2D eigenvalue weighted by atomic mass is 9.94. The van der Waals surface area contributed by atoms with E-state index in [9.17, 15) is 4.79 Å². The highest BCUT2D eigenvalue weighted by Gasteiger charge is 2.26. The minimum absolute atomic E-state index is 0.0673. The zero-order valence-corrected chi connectivity index (χ0v) is 14.4. The summed E-state index contributed by atoms with van der Waals surface area (Å²) in [4.78, 5) is 26.9. The van der Waals surface area contributed by atoms with Crippen LogP contribution < -0.4 is 0 Å². The molecule has 1 aliphatic heterocycles. The van der Waals surface area contributed by atoms with Gasteiger partial charge in [0, 0.05) is 42.8 Å². The first-order valence-electron chi connectivity index (χ1n) is 8.20. The van der Waals surface area contributed by atoms with Crippen LogP contribution in [0.3, 0.4) is 0 Å². The SMILES string of the molecule is O=C(c1cnccn1)N1CCCC(Cc2nc(-c3ccsc3)no2)C1. The van der Waals surface area contributed by atoms with E-state index in [2.05, 4.69) is 20.1 Å². The summed E-state index contributed by atoms with van der Waals surface area (Å²) in [6, 6.07) is 1.97. The predicted molar refractivity (Wildman–Crippen MR) is 92.0 cm³/mol. The van der Waals surface area contributed by atoms with Crippen molar-refractivity contribution in [2.75, 3.05) is 13.1 Å².